The predicted molar refractivity (Wildman–Crippen MR) is 115 cm³/mol. The minimum absolute atomic E-state index is 0.362. The van der Waals surface area contributed by atoms with E-state index in [2.05, 4.69) is 0 Å². The molecule has 3 nitrogen and oxygen atoms in total. The molecule has 0 radical (unpaired) electrons. The van der Waals surface area contributed by atoms with E-state index < -0.39 is 19.5 Å². The molecule has 2 rings (SSSR count). The van der Waals surface area contributed by atoms with Crippen LogP contribution in [0.4, 0.5) is 0 Å². The maximum Gasteiger partial charge on any atom is 0.189 e. The van der Waals surface area contributed by atoms with Crippen LogP contribution in [0.3, 0.4) is 0 Å². The first-order chi connectivity index (χ1) is 13.0. The van der Waals surface area contributed by atoms with Gasteiger partial charge < -0.3 is 0 Å². The van der Waals surface area contributed by atoms with Gasteiger partial charge in [-0.25, -0.2) is 0 Å². The van der Waals surface area contributed by atoms with Crippen LogP contribution in [-0.2, 0) is 4.57 Å². The lowest BCUT2D eigenvalue weighted by molar-refractivity contribution is 0.0798. The molecule has 0 atom stereocenters. The molecule has 0 amide bonds. The molecule has 0 fully saturated rings. The SMILES string of the molecule is Cc1cc(C)c(C(=O)C(P=O)(C(=O)c2c(C)cc(C)cc2C)C(C)C)c(C)c1. The Morgan fingerprint density at radius 1 is 0.714 bits per heavy atom. The van der Waals surface area contributed by atoms with Crippen LogP contribution in [0.15, 0.2) is 24.3 Å². The van der Waals surface area contributed by atoms with Crippen molar-refractivity contribution in [2.75, 3.05) is 0 Å². The molecule has 28 heavy (non-hydrogen) atoms. The Labute approximate surface area is 169 Å². The summed E-state index contributed by atoms with van der Waals surface area (Å²) in [5.41, 5.74) is 6.33. The second kappa shape index (κ2) is 8.09. The third-order valence-electron chi connectivity index (χ3n) is 5.48. The molecule has 148 valence electrons. The standard InChI is InChI=1S/C24H29O3P/c1-13(2)24(28-27,22(25)20-16(5)9-14(3)10-17(20)6)23(26)21-18(7)11-15(4)12-19(21)8/h9-13H,1-8H3. The van der Waals surface area contributed by atoms with E-state index in [0.717, 1.165) is 33.4 Å². The Kier molecular flexibility index (Phi) is 6.41. The smallest absolute Gasteiger partial charge is 0.189 e. The highest BCUT2D eigenvalue weighted by molar-refractivity contribution is 7.30. The number of aryl methyl sites for hydroxylation is 6. The van der Waals surface area contributed by atoms with Crippen molar-refractivity contribution >= 4 is 20.0 Å². The van der Waals surface area contributed by atoms with Crippen molar-refractivity contribution in [3.05, 3.63) is 68.8 Å². The number of Topliss-reactive ketones (excluding diaryl/α,β-unsaturated/α-hetero) is 2. The van der Waals surface area contributed by atoms with E-state index >= 15 is 0 Å². The quantitative estimate of drug-likeness (QED) is 0.328. The minimum Gasteiger partial charge on any atom is -0.292 e. The number of carbonyl (C=O) groups excluding carboxylic acids is 2. The Hall–Kier alpha value is -2.12. The fraction of sp³-hybridized carbons (Fsp3) is 0.417. The molecule has 0 saturated heterocycles. The number of hydrogen-bond donors (Lipinski definition) is 0. The molecule has 0 unspecified atom stereocenters. The lowest BCUT2D eigenvalue weighted by Crippen LogP contribution is -2.47. The normalized spacial score (nSPS) is 11.9. The molecule has 0 saturated carbocycles. The van der Waals surface area contributed by atoms with Crippen LogP contribution in [0.25, 0.3) is 0 Å². The van der Waals surface area contributed by atoms with E-state index in [4.69, 9.17) is 0 Å². The number of carbonyl (C=O) groups is 2. The molecule has 0 aliphatic heterocycles. The number of benzene rings is 2. The number of ketones is 2. The summed E-state index contributed by atoms with van der Waals surface area (Å²) in [7, 11) is -0.466. The average Bonchev–Trinajstić information content (AvgIpc) is 2.53. The fourth-order valence-corrected chi connectivity index (χ4v) is 4.87. The van der Waals surface area contributed by atoms with Gasteiger partial charge in [0.1, 0.15) is 0 Å². The monoisotopic (exact) mass is 396 g/mol. The molecule has 0 aliphatic rings. The molecule has 0 N–H and O–H groups in total. The predicted octanol–water partition coefficient (Wildman–Crippen LogP) is 6.29. The third-order valence-corrected chi connectivity index (χ3v) is 6.69. The summed E-state index contributed by atoms with van der Waals surface area (Å²) in [6.45, 7) is 15.0. The molecule has 0 aliphatic carbocycles. The fourth-order valence-electron chi connectivity index (χ4n) is 4.27. The van der Waals surface area contributed by atoms with Gasteiger partial charge in [-0.2, -0.15) is 0 Å². The summed E-state index contributed by atoms with van der Waals surface area (Å²) in [6.07, 6.45) is 0. The average molecular weight is 396 g/mol. The highest BCUT2D eigenvalue weighted by atomic mass is 31.1. The molecule has 0 spiro atoms. The summed E-state index contributed by atoms with van der Waals surface area (Å²) < 4.78 is 12.5. The molecule has 4 heteroatoms. The minimum atomic E-state index is -1.64. The van der Waals surface area contributed by atoms with Crippen LogP contribution >= 0.6 is 8.46 Å². The van der Waals surface area contributed by atoms with Gasteiger partial charge in [0.15, 0.2) is 25.2 Å². The van der Waals surface area contributed by atoms with Crippen LogP contribution in [0.5, 0.6) is 0 Å². The van der Waals surface area contributed by atoms with Crippen molar-refractivity contribution in [3.8, 4) is 0 Å². The topological polar surface area (TPSA) is 51.2 Å². The van der Waals surface area contributed by atoms with E-state index in [-0.39, 0.29) is 11.6 Å². The van der Waals surface area contributed by atoms with Gasteiger partial charge in [-0.15, -0.1) is 0 Å². The van der Waals surface area contributed by atoms with Gasteiger partial charge in [-0.1, -0.05) is 49.2 Å². The zero-order chi connectivity index (χ0) is 21.4. The van der Waals surface area contributed by atoms with Crippen LogP contribution in [0, 0.1) is 47.5 Å². The van der Waals surface area contributed by atoms with Gasteiger partial charge in [0, 0.05) is 11.1 Å². The van der Waals surface area contributed by atoms with Gasteiger partial charge in [0.05, 0.1) is 0 Å². The van der Waals surface area contributed by atoms with Crippen molar-refractivity contribution in [1.29, 1.82) is 0 Å². The van der Waals surface area contributed by atoms with Crippen molar-refractivity contribution in [1.82, 2.24) is 0 Å². The molecule has 2 aromatic rings. The summed E-state index contributed by atoms with van der Waals surface area (Å²) >= 11 is 0. The first-order valence-electron chi connectivity index (χ1n) is 9.57. The second-order valence-corrected chi connectivity index (χ2v) is 9.11. The molecule has 2 aromatic carbocycles. The molecule has 0 bridgehead atoms. The molecular formula is C24H29O3P. The number of rotatable bonds is 6. The lowest BCUT2D eigenvalue weighted by atomic mass is 9.77. The van der Waals surface area contributed by atoms with E-state index in [1.165, 1.54) is 0 Å². The van der Waals surface area contributed by atoms with Crippen molar-refractivity contribution in [2.24, 2.45) is 5.92 Å². The van der Waals surface area contributed by atoms with Crippen LogP contribution in [-0.4, -0.2) is 16.7 Å². The van der Waals surface area contributed by atoms with Crippen LogP contribution in [0.1, 0.15) is 67.9 Å². The van der Waals surface area contributed by atoms with Crippen LogP contribution < -0.4 is 0 Å². The molecular weight excluding hydrogens is 367 g/mol. The first-order valence-corrected chi connectivity index (χ1v) is 10.4. The van der Waals surface area contributed by atoms with Gasteiger partial charge in [0.2, 0.25) is 0 Å². The van der Waals surface area contributed by atoms with Crippen molar-refractivity contribution in [2.45, 2.75) is 60.5 Å². The Morgan fingerprint density at radius 2 is 1.00 bits per heavy atom. The van der Waals surface area contributed by atoms with Crippen molar-refractivity contribution < 1.29 is 14.2 Å². The zero-order valence-corrected chi connectivity index (χ0v) is 19.0. The van der Waals surface area contributed by atoms with Crippen molar-refractivity contribution in [3.63, 3.8) is 0 Å². The summed E-state index contributed by atoms with van der Waals surface area (Å²) in [5, 5.41) is -1.64. The summed E-state index contributed by atoms with van der Waals surface area (Å²) in [6, 6.07) is 7.72. The van der Waals surface area contributed by atoms with E-state index in [9.17, 15) is 14.2 Å². The highest BCUT2D eigenvalue weighted by Crippen LogP contribution is 2.41. The maximum atomic E-state index is 13.8. The van der Waals surface area contributed by atoms with Gasteiger partial charge >= 0.3 is 0 Å². The van der Waals surface area contributed by atoms with E-state index in [1.54, 1.807) is 13.8 Å². The van der Waals surface area contributed by atoms with Crippen LogP contribution in [0.2, 0.25) is 0 Å². The Balaban J connectivity index is 2.78. The van der Waals surface area contributed by atoms with E-state index in [1.807, 2.05) is 65.8 Å². The second-order valence-electron chi connectivity index (χ2n) is 8.22. The largest absolute Gasteiger partial charge is 0.292 e. The molecule has 0 aromatic heterocycles. The molecule has 0 heterocycles. The highest BCUT2D eigenvalue weighted by Gasteiger charge is 2.51. The summed E-state index contributed by atoms with van der Waals surface area (Å²) in [5.74, 6) is -1.15. The zero-order valence-electron chi connectivity index (χ0n) is 18.1. The lowest BCUT2D eigenvalue weighted by Gasteiger charge is -2.30. The van der Waals surface area contributed by atoms with E-state index in [0.29, 0.717) is 11.1 Å². The van der Waals surface area contributed by atoms with Gasteiger partial charge in [-0.3, -0.25) is 14.2 Å². The van der Waals surface area contributed by atoms with Gasteiger partial charge in [-0.05, 0) is 69.7 Å². The first kappa shape index (κ1) is 22.2. The summed E-state index contributed by atoms with van der Waals surface area (Å²) in [4.78, 5) is 27.5. The Morgan fingerprint density at radius 3 is 1.21 bits per heavy atom. The Bertz CT molecular complexity index is 854. The van der Waals surface area contributed by atoms with Gasteiger partial charge in [0.25, 0.3) is 0 Å². The number of hydrogen-bond acceptors (Lipinski definition) is 3. The third kappa shape index (κ3) is 3.61. The maximum absolute atomic E-state index is 13.8.